The van der Waals surface area contributed by atoms with Crippen LogP contribution in [0.4, 0.5) is 0 Å². The molecule has 0 aliphatic heterocycles. The minimum absolute atomic E-state index is 0.404. The molecule has 2 aromatic heterocycles. The maximum Gasteiger partial charge on any atom is 0.164 e. The summed E-state index contributed by atoms with van der Waals surface area (Å²) in [5.41, 5.74) is 9.81. The fourth-order valence-corrected chi connectivity index (χ4v) is 7.79. The third-order valence-electron chi connectivity index (χ3n) is 10.9. The van der Waals surface area contributed by atoms with Crippen molar-refractivity contribution in [3.63, 3.8) is 0 Å². The summed E-state index contributed by atoms with van der Waals surface area (Å²) in [7, 11) is 0. The van der Waals surface area contributed by atoms with Gasteiger partial charge in [0.1, 0.15) is 0 Å². The molecule has 0 radical (unpaired) electrons. The monoisotopic (exact) mass is 809 g/mol. The predicted octanol–water partition coefficient (Wildman–Crippen LogP) is 13.0. The molecule has 0 aliphatic rings. The molecular weight excluding hydrogens is 771 g/mol. The van der Waals surface area contributed by atoms with Gasteiger partial charge in [0.25, 0.3) is 0 Å². The zero-order chi connectivity index (χ0) is 42.4. The van der Waals surface area contributed by atoms with Crippen LogP contribution in [0.5, 0.6) is 0 Å². The topological polar surface area (TPSA) is 88.6 Å². The first-order valence-electron chi connectivity index (χ1n) is 20.8. The summed E-state index contributed by atoms with van der Waals surface area (Å²) in [5, 5.41) is 3.24. The van der Waals surface area contributed by atoms with Gasteiger partial charge in [-0.1, -0.05) is 182 Å². The quantitative estimate of drug-likeness (QED) is 0.0825. The molecule has 10 aromatic rings. The predicted molar refractivity (Wildman–Crippen MR) is 259 cm³/mol. The molecule has 8 aromatic carbocycles. The van der Waals surface area contributed by atoms with Crippen molar-refractivity contribution in [2.75, 3.05) is 0 Å². The summed E-state index contributed by atoms with van der Waals surface area (Å²) in [4.78, 5) is 35.4. The normalized spacial score (nSPS) is 11.8. The molecule has 2 heterocycles. The highest BCUT2D eigenvalue weighted by Crippen LogP contribution is 2.39. The van der Waals surface area contributed by atoms with Crippen LogP contribution in [-0.2, 0) is 6.54 Å². The van der Waals surface area contributed by atoms with Crippen molar-refractivity contribution in [2.24, 2.45) is 15.0 Å². The fraction of sp³-hybridized carbons (Fsp3) is 0.0179. The number of benzene rings is 8. The van der Waals surface area contributed by atoms with E-state index in [9.17, 15) is 0 Å². The van der Waals surface area contributed by atoms with Gasteiger partial charge in [0, 0.05) is 38.8 Å². The Kier molecular flexibility index (Phi) is 10.8. The number of amidine groups is 2. The van der Waals surface area contributed by atoms with Crippen LogP contribution in [0.25, 0.3) is 78.2 Å². The number of hydrogen-bond acceptors (Lipinski definition) is 5. The third kappa shape index (κ3) is 8.31. The molecule has 0 fully saturated rings. The first-order chi connectivity index (χ1) is 31.2. The lowest BCUT2D eigenvalue weighted by molar-refractivity contribution is 1.06. The fourth-order valence-electron chi connectivity index (χ4n) is 7.79. The van der Waals surface area contributed by atoms with Gasteiger partial charge in [0.2, 0.25) is 0 Å². The molecule has 0 atom stereocenters. The van der Waals surface area contributed by atoms with Crippen LogP contribution in [0.3, 0.4) is 0 Å². The van der Waals surface area contributed by atoms with E-state index in [2.05, 4.69) is 90.6 Å². The van der Waals surface area contributed by atoms with E-state index in [0.717, 1.165) is 77.4 Å². The van der Waals surface area contributed by atoms with E-state index in [1.165, 1.54) is 0 Å². The smallest absolute Gasteiger partial charge is 0.164 e. The standard InChI is InChI=1S/C56H39N7/c1-57-52(60-53(41-24-11-4-12-25-41)58-37-38-19-7-2-8-20-38)45-33-44(48-36-50(40-22-9-3-10-23-40)59-49-32-31-39-21-17-18-30-47(39)51(48)49)34-46(35-45)56-62-54(42-26-13-5-14-27-42)61-55(63-56)43-28-15-6-16-29-43/h2-36H,1,37H2. The second kappa shape index (κ2) is 17.6. The van der Waals surface area contributed by atoms with Gasteiger partial charge in [-0.05, 0) is 64.5 Å². The van der Waals surface area contributed by atoms with Crippen molar-refractivity contribution in [2.45, 2.75) is 6.54 Å². The molecular formula is C56H39N7. The van der Waals surface area contributed by atoms with E-state index in [0.29, 0.717) is 35.7 Å². The second-order valence-corrected chi connectivity index (χ2v) is 15.0. The molecule has 0 unspecified atom stereocenters. The SMILES string of the molecule is C=NC(=NC(=NCc1ccccc1)c1ccccc1)c1cc(-c2nc(-c3ccccc3)nc(-c3ccccc3)n2)cc(-c2cc(-c3ccccc3)nc3ccc4ccccc4c23)c1. The Morgan fingerprint density at radius 3 is 1.60 bits per heavy atom. The summed E-state index contributed by atoms with van der Waals surface area (Å²) in [6.45, 7) is 4.51. The molecule has 0 bridgehead atoms. The Morgan fingerprint density at radius 1 is 0.429 bits per heavy atom. The Hall–Kier alpha value is -8.55. The zero-order valence-corrected chi connectivity index (χ0v) is 34.3. The van der Waals surface area contributed by atoms with Crippen molar-refractivity contribution < 1.29 is 0 Å². The second-order valence-electron chi connectivity index (χ2n) is 15.0. The highest BCUT2D eigenvalue weighted by molar-refractivity contribution is 6.16. The van der Waals surface area contributed by atoms with Crippen molar-refractivity contribution >= 4 is 40.1 Å². The van der Waals surface area contributed by atoms with Crippen molar-refractivity contribution in [1.82, 2.24) is 19.9 Å². The first kappa shape index (κ1) is 38.6. The summed E-state index contributed by atoms with van der Waals surface area (Å²) in [5.74, 6) is 2.57. The highest BCUT2D eigenvalue weighted by atomic mass is 15.0. The van der Waals surface area contributed by atoms with Crippen molar-refractivity contribution in [1.29, 1.82) is 0 Å². The Morgan fingerprint density at radius 2 is 0.968 bits per heavy atom. The summed E-state index contributed by atoms with van der Waals surface area (Å²) in [6, 6.07) is 71.6. The van der Waals surface area contributed by atoms with Gasteiger partial charge in [-0.3, -0.25) is 4.99 Å². The Bertz CT molecular complexity index is 3240. The van der Waals surface area contributed by atoms with Crippen LogP contribution in [0.1, 0.15) is 16.7 Å². The maximum absolute atomic E-state index is 5.24. The van der Waals surface area contributed by atoms with Gasteiger partial charge in [0.15, 0.2) is 29.1 Å². The molecule has 0 spiro atoms. The van der Waals surface area contributed by atoms with E-state index in [1.54, 1.807) is 0 Å². The van der Waals surface area contributed by atoms with Crippen LogP contribution in [0, 0.1) is 0 Å². The molecule has 0 saturated carbocycles. The van der Waals surface area contributed by atoms with E-state index in [-0.39, 0.29) is 0 Å². The first-order valence-corrected chi connectivity index (χ1v) is 20.8. The molecule has 10 rings (SSSR count). The van der Waals surface area contributed by atoms with Crippen LogP contribution in [0.2, 0.25) is 0 Å². The lowest BCUT2D eigenvalue weighted by atomic mass is 9.92. The summed E-state index contributed by atoms with van der Waals surface area (Å²) >= 11 is 0. The molecule has 7 heteroatoms. The van der Waals surface area contributed by atoms with Gasteiger partial charge in [-0.25, -0.2) is 29.9 Å². The third-order valence-corrected chi connectivity index (χ3v) is 10.9. The summed E-state index contributed by atoms with van der Waals surface area (Å²) < 4.78 is 0. The zero-order valence-electron chi connectivity index (χ0n) is 34.3. The maximum atomic E-state index is 5.24. The average molecular weight is 810 g/mol. The lowest BCUT2D eigenvalue weighted by Gasteiger charge is -2.16. The van der Waals surface area contributed by atoms with Gasteiger partial charge < -0.3 is 0 Å². The number of nitrogens with zero attached hydrogens (tertiary/aromatic N) is 7. The molecule has 298 valence electrons. The molecule has 0 aliphatic carbocycles. The lowest BCUT2D eigenvalue weighted by Crippen LogP contribution is -2.07. The van der Waals surface area contributed by atoms with Gasteiger partial charge >= 0.3 is 0 Å². The molecule has 0 amide bonds. The minimum atomic E-state index is 0.404. The molecule has 63 heavy (non-hydrogen) atoms. The van der Waals surface area contributed by atoms with E-state index >= 15 is 0 Å². The van der Waals surface area contributed by atoms with Crippen LogP contribution in [0.15, 0.2) is 227 Å². The van der Waals surface area contributed by atoms with Crippen LogP contribution < -0.4 is 0 Å². The van der Waals surface area contributed by atoms with E-state index in [1.807, 2.05) is 133 Å². The highest BCUT2D eigenvalue weighted by Gasteiger charge is 2.19. The molecule has 7 nitrogen and oxygen atoms in total. The molecule has 0 N–H and O–H groups in total. The Balaban J connectivity index is 1.25. The van der Waals surface area contributed by atoms with E-state index in [4.69, 9.17) is 29.9 Å². The number of fused-ring (bicyclic) bond motifs is 3. The number of hydrogen-bond donors (Lipinski definition) is 0. The Labute approximate surface area is 365 Å². The van der Waals surface area contributed by atoms with Crippen LogP contribution in [-0.4, -0.2) is 38.3 Å². The number of aromatic nitrogens is 4. The average Bonchev–Trinajstić information content (AvgIpc) is 3.37. The van der Waals surface area contributed by atoms with Crippen molar-refractivity contribution in [3.8, 4) is 56.5 Å². The van der Waals surface area contributed by atoms with Crippen LogP contribution >= 0.6 is 0 Å². The van der Waals surface area contributed by atoms with Crippen molar-refractivity contribution in [3.05, 3.63) is 229 Å². The number of aliphatic imine (C=N–C) groups is 3. The van der Waals surface area contributed by atoms with E-state index < -0.39 is 0 Å². The summed E-state index contributed by atoms with van der Waals surface area (Å²) in [6.07, 6.45) is 0. The van der Waals surface area contributed by atoms with Gasteiger partial charge in [0.05, 0.1) is 17.8 Å². The number of rotatable bonds is 9. The van der Waals surface area contributed by atoms with Gasteiger partial charge in [-0.15, -0.1) is 0 Å². The molecule has 0 saturated heterocycles. The largest absolute Gasteiger partial charge is 0.261 e. The number of pyridine rings is 1. The minimum Gasteiger partial charge on any atom is -0.261 e. The van der Waals surface area contributed by atoms with Gasteiger partial charge in [-0.2, -0.15) is 0 Å².